The average molecular weight is 390 g/mol. The third-order valence-corrected chi connectivity index (χ3v) is 5.49. The van der Waals surface area contributed by atoms with Gasteiger partial charge in [-0.15, -0.1) is 0 Å². The van der Waals surface area contributed by atoms with Gasteiger partial charge in [-0.25, -0.2) is 9.78 Å². The molecule has 0 radical (unpaired) electrons. The van der Waals surface area contributed by atoms with Crippen LogP contribution in [0, 0.1) is 12.8 Å². The largest absolute Gasteiger partial charge is 0.380 e. The fourth-order valence-electron chi connectivity index (χ4n) is 4.09. The molecule has 3 rings (SSSR count). The van der Waals surface area contributed by atoms with Gasteiger partial charge in [0.15, 0.2) is 0 Å². The van der Waals surface area contributed by atoms with Crippen molar-refractivity contribution in [1.82, 2.24) is 19.8 Å². The average Bonchev–Trinajstić information content (AvgIpc) is 2.85. The lowest BCUT2D eigenvalue weighted by Crippen LogP contribution is -2.57. The Morgan fingerprint density at radius 3 is 2.54 bits per heavy atom. The molecule has 0 saturated carbocycles. The van der Waals surface area contributed by atoms with Gasteiger partial charge in [0.05, 0.1) is 25.0 Å². The Hall–Kier alpha value is -2.22. The molecule has 3 amide bonds. The van der Waals surface area contributed by atoms with Crippen molar-refractivity contribution < 1.29 is 14.3 Å². The van der Waals surface area contributed by atoms with Crippen molar-refractivity contribution in [3.63, 3.8) is 0 Å². The first-order chi connectivity index (χ1) is 13.4. The molecule has 0 N–H and O–H groups in total. The van der Waals surface area contributed by atoms with E-state index in [0.717, 1.165) is 11.5 Å². The first-order valence-corrected chi connectivity index (χ1v) is 10.1. The van der Waals surface area contributed by atoms with Crippen LogP contribution in [0.15, 0.2) is 12.4 Å². The van der Waals surface area contributed by atoms with Gasteiger partial charge in [-0.3, -0.25) is 14.7 Å². The number of rotatable bonds is 7. The van der Waals surface area contributed by atoms with Gasteiger partial charge in [0.2, 0.25) is 0 Å². The number of nitrogens with zero attached hydrogens (tertiary/aromatic N) is 5. The summed E-state index contributed by atoms with van der Waals surface area (Å²) in [5, 5.41) is 0. The molecule has 1 aromatic heterocycles. The normalized spacial score (nSPS) is 19.4. The summed E-state index contributed by atoms with van der Waals surface area (Å²) in [5.74, 6) is 1.05. The summed E-state index contributed by atoms with van der Waals surface area (Å²) in [5.41, 5.74) is 0.120. The smallest absolute Gasteiger partial charge is 0.327 e. The molecule has 0 bridgehead atoms. The molecule has 2 fully saturated rings. The Bertz CT molecular complexity index is 716. The highest BCUT2D eigenvalue weighted by molar-refractivity contribution is 6.07. The quantitative estimate of drug-likeness (QED) is 0.525. The van der Waals surface area contributed by atoms with Crippen LogP contribution in [0.4, 0.5) is 10.6 Å². The van der Waals surface area contributed by atoms with E-state index in [-0.39, 0.29) is 11.9 Å². The van der Waals surface area contributed by atoms with Crippen molar-refractivity contribution in [3.05, 3.63) is 18.1 Å². The predicted molar refractivity (Wildman–Crippen MR) is 106 cm³/mol. The molecule has 2 saturated heterocycles. The minimum Gasteiger partial charge on any atom is -0.380 e. The van der Waals surface area contributed by atoms with Crippen LogP contribution in [-0.4, -0.2) is 76.6 Å². The zero-order valence-corrected chi connectivity index (χ0v) is 17.3. The summed E-state index contributed by atoms with van der Waals surface area (Å²) in [6.45, 7) is 11.2. The summed E-state index contributed by atoms with van der Waals surface area (Å²) >= 11 is 0. The maximum atomic E-state index is 13.3. The molecule has 1 aromatic rings. The van der Waals surface area contributed by atoms with Crippen LogP contribution in [0.1, 0.15) is 39.3 Å². The number of ether oxygens (including phenoxy) is 1. The number of carbonyl (C=O) groups is 2. The number of amides is 3. The number of carbonyl (C=O) groups excluding carboxylic acids is 2. The van der Waals surface area contributed by atoms with E-state index in [1.54, 1.807) is 12.4 Å². The van der Waals surface area contributed by atoms with E-state index in [0.29, 0.717) is 58.2 Å². The first kappa shape index (κ1) is 20.5. The number of aromatic nitrogens is 2. The van der Waals surface area contributed by atoms with E-state index in [4.69, 9.17) is 4.74 Å². The molecule has 8 heteroatoms. The zero-order chi connectivity index (χ0) is 20.3. The maximum Gasteiger partial charge on any atom is 0.327 e. The van der Waals surface area contributed by atoms with Crippen LogP contribution < -0.4 is 4.90 Å². The highest BCUT2D eigenvalue weighted by Gasteiger charge is 2.57. The standard InChI is InChI=1S/C20H31N5O3/c1-5-28-11-10-24-18(26)20(25(19(24)27)14-15(2)3)6-8-23(9-7-20)17-13-21-12-16(4)22-17/h12-13,15H,5-11,14H2,1-4H3. The van der Waals surface area contributed by atoms with Crippen LogP contribution in [-0.2, 0) is 9.53 Å². The molecular formula is C20H31N5O3. The zero-order valence-electron chi connectivity index (χ0n) is 17.3. The highest BCUT2D eigenvalue weighted by Crippen LogP contribution is 2.38. The van der Waals surface area contributed by atoms with Crippen molar-refractivity contribution in [2.45, 2.75) is 46.1 Å². The van der Waals surface area contributed by atoms with E-state index in [1.807, 2.05) is 18.7 Å². The van der Waals surface area contributed by atoms with Crippen LogP contribution in [0.5, 0.6) is 0 Å². The molecule has 0 unspecified atom stereocenters. The molecule has 2 aliphatic rings. The third-order valence-electron chi connectivity index (χ3n) is 5.49. The summed E-state index contributed by atoms with van der Waals surface area (Å²) in [6, 6.07) is -0.179. The van der Waals surface area contributed by atoms with Crippen LogP contribution >= 0.6 is 0 Å². The Labute approximate surface area is 166 Å². The third kappa shape index (κ3) is 3.83. The SMILES string of the molecule is CCOCCN1C(=O)N(CC(C)C)C2(CCN(c3cncc(C)n3)CC2)C1=O. The minimum absolute atomic E-state index is 0.0761. The predicted octanol–water partition coefficient (Wildman–Crippen LogP) is 2.08. The van der Waals surface area contributed by atoms with Crippen molar-refractivity contribution in [3.8, 4) is 0 Å². The summed E-state index contributed by atoms with van der Waals surface area (Å²) in [6.07, 6.45) is 4.69. The van der Waals surface area contributed by atoms with Gasteiger partial charge in [-0.05, 0) is 32.6 Å². The summed E-state index contributed by atoms with van der Waals surface area (Å²) in [7, 11) is 0. The van der Waals surface area contributed by atoms with E-state index in [9.17, 15) is 9.59 Å². The van der Waals surface area contributed by atoms with E-state index < -0.39 is 5.54 Å². The summed E-state index contributed by atoms with van der Waals surface area (Å²) < 4.78 is 5.38. The van der Waals surface area contributed by atoms with Gasteiger partial charge >= 0.3 is 6.03 Å². The van der Waals surface area contributed by atoms with Crippen LogP contribution in [0.3, 0.4) is 0 Å². The number of hydrogen-bond acceptors (Lipinski definition) is 6. The number of imide groups is 1. The number of piperidine rings is 1. The molecule has 28 heavy (non-hydrogen) atoms. The Morgan fingerprint density at radius 1 is 1.21 bits per heavy atom. The Morgan fingerprint density at radius 2 is 1.93 bits per heavy atom. The van der Waals surface area contributed by atoms with Crippen molar-refractivity contribution in [2.24, 2.45) is 5.92 Å². The van der Waals surface area contributed by atoms with Crippen molar-refractivity contribution in [1.29, 1.82) is 0 Å². The number of urea groups is 1. The molecule has 3 heterocycles. The lowest BCUT2D eigenvalue weighted by atomic mass is 9.85. The van der Waals surface area contributed by atoms with Gasteiger partial charge in [-0.2, -0.15) is 0 Å². The van der Waals surface area contributed by atoms with Gasteiger partial charge < -0.3 is 14.5 Å². The lowest BCUT2D eigenvalue weighted by molar-refractivity contribution is -0.134. The van der Waals surface area contributed by atoms with E-state index in [2.05, 4.69) is 28.7 Å². The maximum absolute atomic E-state index is 13.3. The second-order valence-corrected chi connectivity index (χ2v) is 7.98. The molecule has 154 valence electrons. The second kappa shape index (κ2) is 8.43. The molecule has 2 aliphatic heterocycles. The molecule has 0 aromatic carbocycles. The molecule has 8 nitrogen and oxygen atoms in total. The van der Waals surface area contributed by atoms with Gasteiger partial charge in [0.25, 0.3) is 5.91 Å². The lowest BCUT2D eigenvalue weighted by Gasteiger charge is -2.43. The fraction of sp³-hybridized carbons (Fsp3) is 0.700. The van der Waals surface area contributed by atoms with Crippen LogP contribution in [0.25, 0.3) is 0 Å². The van der Waals surface area contributed by atoms with E-state index in [1.165, 1.54) is 4.90 Å². The number of hydrogen-bond donors (Lipinski definition) is 0. The summed E-state index contributed by atoms with van der Waals surface area (Å²) in [4.78, 5) is 40.5. The van der Waals surface area contributed by atoms with Crippen molar-refractivity contribution >= 4 is 17.8 Å². The molecule has 0 atom stereocenters. The fourth-order valence-corrected chi connectivity index (χ4v) is 4.09. The molecular weight excluding hydrogens is 358 g/mol. The van der Waals surface area contributed by atoms with Crippen molar-refractivity contribution in [2.75, 3.05) is 44.3 Å². The number of aryl methyl sites for hydroxylation is 1. The topological polar surface area (TPSA) is 78.9 Å². The van der Waals surface area contributed by atoms with Gasteiger partial charge in [0, 0.05) is 32.4 Å². The first-order valence-electron chi connectivity index (χ1n) is 10.1. The van der Waals surface area contributed by atoms with E-state index >= 15 is 0 Å². The van der Waals surface area contributed by atoms with Gasteiger partial charge in [-0.1, -0.05) is 13.8 Å². The monoisotopic (exact) mass is 389 g/mol. The Balaban J connectivity index is 1.79. The molecule has 0 aliphatic carbocycles. The number of anilines is 1. The second-order valence-electron chi connectivity index (χ2n) is 7.98. The van der Waals surface area contributed by atoms with Crippen LogP contribution in [0.2, 0.25) is 0 Å². The highest BCUT2D eigenvalue weighted by atomic mass is 16.5. The Kier molecular flexibility index (Phi) is 6.17. The minimum atomic E-state index is -0.749. The van der Waals surface area contributed by atoms with Gasteiger partial charge in [0.1, 0.15) is 11.4 Å². The molecule has 1 spiro atoms.